The van der Waals surface area contributed by atoms with E-state index in [1.165, 1.54) is 0 Å². The van der Waals surface area contributed by atoms with Gasteiger partial charge in [0.2, 0.25) is 5.89 Å². The molecule has 0 bridgehead atoms. The molecule has 1 atom stereocenters. The summed E-state index contributed by atoms with van der Waals surface area (Å²) in [6.07, 6.45) is -5.51. The van der Waals surface area contributed by atoms with Gasteiger partial charge in [0.25, 0.3) is 0 Å². The molecule has 5 nitrogen and oxygen atoms in total. The molecule has 2 aromatic rings. The lowest BCUT2D eigenvalue weighted by molar-refractivity contribution is -0.128. The third-order valence-corrected chi connectivity index (χ3v) is 4.48. The van der Waals surface area contributed by atoms with Gasteiger partial charge < -0.3 is 4.52 Å². The molecule has 2 rings (SSSR count). The predicted octanol–water partition coefficient (Wildman–Crippen LogP) is 3.44. The monoisotopic (exact) mass is 334 g/mol. The van der Waals surface area contributed by atoms with Crippen molar-refractivity contribution in [3.05, 3.63) is 27.3 Å². The van der Waals surface area contributed by atoms with Gasteiger partial charge in [-0.15, -0.1) is 11.3 Å². The fourth-order valence-corrected chi connectivity index (χ4v) is 3.14. The standard InChI is InChI=1S/C13H17F3N4OS/c1-7-12(22-9(3)17-7)8(2)20(4)6-11-18-10(19-21-11)5-13(14,15)16/h8H,5-6H2,1-4H3. The maximum Gasteiger partial charge on any atom is 0.396 e. The largest absolute Gasteiger partial charge is 0.396 e. The molecule has 0 N–H and O–H groups in total. The summed E-state index contributed by atoms with van der Waals surface area (Å²) in [5.41, 5.74) is 0.963. The van der Waals surface area contributed by atoms with Gasteiger partial charge in [-0.2, -0.15) is 18.2 Å². The van der Waals surface area contributed by atoms with Crippen molar-refractivity contribution >= 4 is 11.3 Å². The Morgan fingerprint density at radius 2 is 1.95 bits per heavy atom. The minimum atomic E-state index is -4.34. The van der Waals surface area contributed by atoms with Crippen LogP contribution in [-0.2, 0) is 13.0 Å². The second kappa shape index (κ2) is 6.33. The van der Waals surface area contributed by atoms with E-state index in [0.717, 1.165) is 15.6 Å². The molecule has 0 spiro atoms. The van der Waals surface area contributed by atoms with Gasteiger partial charge in [-0.1, -0.05) is 5.16 Å². The van der Waals surface area contributed by atoms with Crippen molar-refractivity contribution in [3.63, 3.8) is 0 Å². The lowest BCUT2D eigenvalue weighted by Crippen LogP contribution is -2.22. The molecular weight excluding hydrogens is 317 g/mol. The van der Waals surface area contributed by atoms with Crippen LogP contribution in [0.1, 0.15) is 40.3 Å². The van der Waals surface area contributed by atoms with E-state index in [4.69, 9.17) is 4.52 Å². The maximum atomic E-state index is 12.3. The smallest absolute Gasteiger partial charge is 0.338 e. The molecule has 0 aliphatic rings. The van der Waals surface area contributed by atoms with Gasteiger partial charge in [-0.25, -0.2) is 4.98 Å². The van der Waals surface area contributed by atoms with Crippen molar-refractivity contribution < 1.29 is 17.7 Å². The van der Waals surface area contributed by atoms with E-state index in [2.05, 4.69) is 15.1 Å². The number of rotatable bonds is 5. The highest BCUT2D eigenvalue weighted by Crippen LogP contribution is 2.29. The van der Waals surface area contributed by atoms with E-state index in [9.17, 15) is 13.2 Å². The zero-order chi connectivity index (χ0) is 16.5. The minimum Gasteiger partial charge on any atom is -0.338 e. The molecule has 9 heteroatoms. The van der Waals surface area contributed by atoms with Crippen molar-refractivity contribution in [2.75, 3.05) is 7.05 Å². The summed E-state index contributed by atoms with van der Waals surface area (Å²) in [4.78, 5) is 11.2. The number of nitrogens with zero attached hydrogens (tertiary/aromatic N) is 4. The summed E-state index contributed by atoms with van der Waals surface area (Å²) in [6.45, 7) is 6.17. The summed E-state index contributed by atoms with van der Waals surface area (Å²) < 4.78 is 41.7. The first kappa shape index (κ1) is 16.9. The van der Waals surface area contributed by atoms with Crippen molar-refractivity contribution in [2.24, 2.45) is 0 Å². The normalized spacial score (nSPS) is 13.8. The van der Waals surface area contributed by atoms with Crippen LogP contribution in [0.2, 0.25) is 0 Å². The van der Waals surface area contributed by atoms with Crippen LogP contribution in [0.4, 0.5) is 13.2 Å². The topological polar surface area (TPSA) is 55.1 Å². The molecule has 2 aromatic heterocycles. The van der Waals surface area contributed by atoms with E-state index in [0.29, 0.717) is 0 Å². The number of hydrogen-bond donors (Lipinski definition) is 0. The van der Waals surface area contributed by atoms with Crippen LogP contribution in [0.3, 0.4) is 0 Å². The highest BCUT2D eigenvalue weighted by molar-refractivity contribution is 7.11. The molecule has 0 saturated carbocycles. The van der Waals surface area contributed by atoms with E-state index >= 15 is 0 Å². The number of thiazole rings is 1. The first-order valence-corrected chi connectivity index (χ1v) is 7.49. The SMILES string of the molecule is Cc1nc(C)c(C(C)N(C)Cc2nc(CC(F)(F)F)no2)s1. The summed E-state index contributed by atoms with van der Waals surface area (Å²) in [5, 5.41) is 4.35. The Morgan fingerprint density at radius 3 is 2.50 bits per heavy atom. The second-order valence-corrected chi connectivity index (χ2v) is 6.40. The molecule has 0 amide bonds. The number of aromatic nitrogens is 3. The van der Waals surface area contributed by atoms with Gasteiger partial charge in [0, 0.05) is 10.9 Å². The fourth-order valence-electron chi connectivity index (χ4n) is 2.09. The molecule has 0 aliphatic carbocycles. The Morgan fingerprint density at radius 1 is 1.27 bits per heavy atom. The molecule has 122 valence electrons. The molecular formula is C13H17F3N4OS. The Hall–Kier alpha value is -1.48. The number of hydrogen-bond acceptors (Lipinski definition) is 6. The number of alkyl halides is 3. The Balaban J connectivity index is 2.02. The van der Waals surface area contributed by atoms with Gasteiger partial charge >= 0.3 is 6.18 Å². The Kier molecular flexibility index (Phi) is 4.86. The van der Waals surface area contributed by atoms with Crippen LogP contribution in [0.5, 0.6) is 0 Å². The van der Waals surface area contributed by atoms with Gasteiger partial charge in [0.1, 0.15) is 6.42 Å². The Bertz CT molecular complexity index is 638. The van der Waals surface area contributed by atoms with Crippen LogP contribution >= 0.6 is 11.3 Å². The third kappa shape index (κ3) is 4.26. The zero-order valence-corrected chi connectivity index (χ0v) is 13.5. The van der Waals surface area contributed by atoms with Gasteiger partial charge in [-0.3, -0.25) is 4.90 Å². The third-order valence-electron chi connectivity index (χ3n) is 3.23. The lowest BCUT2D eigenvalue weighted by Gasteiger charge is -2.22. The molecule has 0 fully saturated rings. The van der Waals surface area contributed by atoms with E-state index < -0.39 is 12.6 Å². The number of halogens is 3. The summed E-state index contributed by atoms with van der Waals surface area (Å²) in [6, 6.07) is 0.0594. The Labute approximate surface area is 130 Å². The molecule has 2 heterocycles. The first-order chi connectivity index (χ1) is 10.2. The molecule has 0 radical (unpaired) electrons. The quantitative estimate of drug-likeness (QED) is 0.838. The average Bonchev–Trinajstić information content (AvgIpc) is 2.93. The fraction of sp³-hybridized carbons (Fsp3) is 0.615. The average molecular weight is 334 g/mol. The van der Waals surface area contributed by atoms with Crippen LogP contribution in [-0.4, -0.2) is 33.2 Å². The lowest BCUT2D eigenvalue weighted by atomic mass is 10.2. The molecule has 0 saturated heterocycles. The molecule has 1 unspecified atom stereocenters. The highest BCUT2D eigenvalue weighted by Gasteiger charge is 2.30. The maximum absolute atomic E-state index is 12.3. The summed E-state index contributed by atoms with van der Waals surface area (Å²) in [7, 11) is 1.85. The minimum absolute atomic E-state index is 0.0594. The first-order valence-electron chi connectivity index (χ1n) is 6.68. The van der Waals surface area contributed by atoms with E-state index in [1.54, 1.807) is 11.3 Å². The van der Waals surface area contributed by atoms with Gasteiger partial charge in [0.05, 0.1) is 17.2 Å². The van der Waals surface area contributed by atoms with Crippen molar-refractivity contribution in [2.45, 2.75) is 46.0 Å². The van der Waals surface area contributed by atoms with Gasteiger partial charge in [0.15, 0.2) is 5.82 Å². The van der Waals surface area contributed by atoms with E-state index in [1.807, 2.05) is 32.7 Å². The van der Waals surface area contributed by atoms with Gasteiger partial charge in [-0.05, 0) is 27.8 Å². The van der Waals surface area contributed by atoms with Crippen molar-refractivity contribution in [1.29, 1.82) is 0 Å². The second-order valence-electron chi connectivity index (χ2n) is 5.17. The summed E-state index contributed by atoms with van der Waals surface area (Å²) >= 11 is 1.61. The number of aryl methyl sites for hydroxylation is 2. The van der Waals surface area contributed by atoms with Crippen molar-refractivity contribution in [3.8, 4) is 0 Å². The van der Waals surface area contributed by atoms with Crippen LogP contribution in [0.25, 0.3) is 0 Å². The molecule has 0 aliphatic heterocycles. The van der Waals surface area contributed by atoms with E-state index in [-0.39, 0.29) is 24.3 Å². The van der Waals surface area contributed by atoms with Crippen LogP contribution in [0.15, 0.2) is 4.52 Å². The predicted molar refractivity (Wildman–Crippen MR) is 75.5 cm³/mol. The zero-order valence-electron chi connectivity index (χ0n) is 12.7. The molecule has 22 heavy (non-hydrogen) atoms. The molecule has 0 aromatic carbocycles. The van der Waals surface area contributed by atoms with Crippen LogP contribution < -0.4 is 0 Å². The highest BCUT2D eigenvalue weighted by atomic mass is 32.1. The van der Waals surface area contributed by atoms with Crippen molar-refractivity contribution in [1.82, 2.24) is 20.0 Å². The van der Waals surface area contributed by atoms with Crippen LogP contribution in [0, 0.1) is 13.8 Å². The summed E-state index contributed by atoms with van der Waals surface area (Å²) in [5.74, 6) is -0.166.